The molecule has 0 unspecified atom stereocenters. The lowest BCUT2D eigenvalue weighted by atomic mass is 10.3. The van der Waals surface area contributed by atoms with Gasteiger partial charge in [0.15, 0.2) is 5.11 Å². The standard InChI is InChI=1S/C10H12N4OS2/c1-15-5-4-11-10(16)12-7-2-3-8-9(6-7)14-17-13-8/h2-3,6H,4-5H2,1H3,(H2,11,12,16). The van der Waals surface area contributed by atoms with Crippen LogP contribution in [0.5, 0.6) is 0 Å². The van der Waals surface area contributed by atoms with E-state index in [-0.39, 0.29) is 0 Å². The van der Waals surface area contributed by atoms with Gasteiger partial charge in [0.05, 0.1) is 18.3 Å². The van der Waals surface area contributed by atoms with E-state index < -0.39 is 0 Å². The second-order valence-corrected chi connectivity index (χ2v) is 4.28. The molecule has 1 heterocycles. The number of thiocarbonyl (C=S) groups is 1. The summed E-state index contributed by atoms with van der Waals surface area (Å²) in [4.78, 5) is 0. The molecule has 2 aromatic rings. The number of hydrogen-bond acceptors (Lipinski definition) is 5. The zero-order chi connectivity index (χ0) is 12.1. The summed E-state index contributed by atoms with van der Waals surface area (Å²) in [6, 6.07) is 5.76. The Balaban J connectivity index is 1.95. The van der Waals surface area contributed by atoms with E-state index in [9.17, 15) is 0 Å². The van der Waals surface area contributed by atoms with Crippen molar-refractivity contribution >= 4 is 45.8 Å². The van der Waals surface area contributed by atoms with Gasteiger partial charge in [0, 0.05) is 19.3 Å². The van der Waals surface area contributed by atoms with Gasteiger partial charge in [-0.25, -0.2) is 0 Å². The van der Waals surface area contributed by atoms with E-state index in [0.717, 1.165) is 16.7 Å². The van der Waals surface area contributed by atoms with Crippen LogP contribution in [0.1, 0.15) is 0 Å². The van der Waals surface area contributed by atoms with Gasteiger partial charge in [0.1, 0.15) is 11.0 Å². The van der Waals surface area contributed by atoms with E-state index in [1.807, 2.05) is 18.2 Å². The number of anilines is 1. The molecule has 0 spiro atoms. The van der Waals surface area contributed by atoms with Gasteiger partial charge >= 0.3 is 0 Å². The molecule has 17 heavy (non-hydrogen) atoms. The maximum atomic E-state index is 5.14. The summed E-state index contributed by atoms with van der Waals surface area (Å²) in [5, 5.41) is 6.69. The number of ether oxygens (including phenoxy) is 1. The Labute approximate surface area is 109 Å². The molecule has 2 N–H and O–H groups in total. The van der Waals surface area contributed by atoms with E-state index >= 15 is 0 Å². The Morgan fingerprint density at radius 1 is 1.41 bits per heavy atom. The van der Waals surface area contributed by atoms with Crippen molar-refractivity contribution in [3.8, 4) is 0 Å². The number of methoxy groups -OCH3 is 1. The van der Waals surface area contributed by atoms with Crippen molar-refractivity contribution in [3.05, 3.63) is 18.2 Å². The van der Waals surface area contributed by atoms with Crippen LogP contribution in [0.15, 0.2) is 18.2 Å². The van der Waals surface area contributed by atoms with Crippen molar-refractivity contribution in [1.29, 1.82) is 0 Å². The van der Waals surface area contributed by atoms with Crippen molar-refractivity contribution in [1.82, 2.24) is 14.1 Å². The predicted molar refractivity (Wildman–Crippen MR) is 73.5 cm³/mol. The summed E-state index contributed by atoms with van der Waals surface area (Å²) < 4.78 is 13.2. The van der Waals surface area contributed by atoms with Crippen LogP contribution in [0, 0.1) is 0 Å². The number of nitrogens with one attached hydrogen (secondary N) is 2. The molecule has 0 bridgehead atoms. The fourth-order valence-electron chi connectivity index (χ4n) is 1.30. The van der Waals surface area contributed by atoms with Gasteiger partial charge in [-0.15, -0.1) is 0 Å². The van der Waals surface area contributed by atoms with E-state index in [2.05, 4.69) is 19.4 Å². The Morgan fingerprint density at radius 2 is 2.24 bits per heavy atom. The highest BCUT2D eigenvalue weighted by molar-refractivity contribution is 7.80. The Kier molecular flexibility index (Phi) is 4.18. The molecule has 0 aliphatic heterocycles. The molecule has 0 saturated heterocycles. The second kappa shape index (κ2) is 5.85. The minimum absolute atomic E-state index is 0.574. The molecule has 0 aliphatic rings. The fourth-order valence-corrected chi connectivity index (χ4v) is 2.04. The van der Waals surface area contributed by atoms with E-state index in [0.29, 0.717) is 18.3 Å². The average Bonchev–Trinajstić information content (AvgIpc) is 2.76. The summed E-state index contributed by atoms with van der Waals surface area (Å²) >= 11 is 6.34. The summed E-state index contributed by atoms with van der Waals surface area (Å²) in [7, 11) is 1.65. The third-order valence-corrected chi connectivity index (χ3v) is 2.91. The van der Waals surface area contributed by atoms with Crippen LogP contribution >= 0.6 is 23.9 Å². The summed E-state index contributed by atoms with van der Waals surface area (Å²) in [6.07, 6.45) is 0. The Bertz CT molecular complexity index is 514. The molecule has 1 aromatic carbocycles. The molecule has 7 heteroatoms. The largest absolute Gasteiger partial charge is 0.383 e. The fraction of sp³-hybridized carbons (Fsp3) is 0.300. The molecule has 90 valence electrons. The third-order valence-electron chi connectivity index (χ3n) is 2.10. The lowest BCUT2D eigenvalue weighted by Gasteiger charge is -2.09. The molecule has 1 aromatic heterocycles. The van der Waals surface area contributed by atoms with Crippen LogP contribution < -0.4 is 10.6 Å². The van der Waals surface area contributed by atoms with Crippen molar-refractivity contribution < 1.29 is 4.74 Å². The van der Waals surface area contributed by atoms with E-state index in [1.54, 1.807) is 7.11 Å². The normalized spacial score (nSPS) is 10.4. The smallest absolute Gasteiger partial charge is 0.170 e. The van der Waals surface area contributed by atoms with Crippen molar-refractivity contribution in [2.45, 2.75) is 0 Å². The van der Waals surface area contributed by atoms with E-state index in [1.165, 1.54) is 11.7 Å². The zero-order valence-electron chi connectivity index (χ0n) is 9.27. The minimum Gasteiger partial charge on any atom is -0.383 e. The topological polar surface area (TPSA) is 59.1 Å². The molecule has 0 saturated carbocycles. The predicted octanol–water partition coefficient (Wildman–Crippen LogP) is 1.62. The second-order valence-electron chi connectivity index (χ2n) is 3.34. The van der Waals surface area contributed by atoms with Gasteiger partial charge in [-0.2, -0.15) is 8.75 Å². The van der Waals surface area contributed by atoms with Crippen LogP contribution in [-0.4, -0.2) is 34.1 Å². The van der Waals surface area contributed by atoms with Gasteiger partial charge in [-0.3, -0.25) is 0 Å². The number of aromatic nitrogens is 2. The highest BCUT2D eigenvalue weighted by Crippen LogP contribution is 2.16. The molecule has 0 amide bonds. The number of rotatable bonds is 4. The lowest BCUT2D eigenvalue weighted by Crippen LogP contribution is -2.31. The van der Waals surface area contributed by atoms with Crippen molar-refractivity contribution in [3.63, 3.8) is 0 Å². The van der Waals surface area contributed by atoms with E-state index in [4.69, 9.17) is 17.0 Å². The van der Waals surface area contributed by atoms with Gasteiger partial charge in [-0.05, 0) is 30.4 Å². The molecule has 0 fully saturated rings. The van der Waals surface area contributed by atoms with Crippen LogP contribution in [0.2, 0.25) is 0 Å². The summed E-state index contributed by atoms with van der Waals surface area (Å²) in [5.74, 6) is 0. The van der Waals surface area contributed by atoms with Gasteiger partial charge in [-0.1, -0.05) is 0 Å². The summed E-state index contributed by atoms with van der Waals surface area (Å²) in [5.41, 5.74) is 2.68. The molecule has 0 aliphatic carbocycles. The first kappa shape index (κ1) is 12.2. The minimum atomic E-state index is 0.574. The number of fused-ring (bicyclic) bond motifs is 1. The molecular formula is C10H12N4OS2. The first-order valence-corrected chi connectivity index (χ1v) is 6.19. The Morgan fingerprint density at radius 3 is 3.06 bits per heavy atom. The maximum Gasteiger partial charge on any atom is 0.170 e. The SMILES string of the molecule is COCCNC(=S)Nc1ccc2nsnc2c1. The van der Waals surface area contributed by atoms with Crippen molar-refractivity contribution in [2.24, 2.45) is 0 Å². The first-order valence-electron chi connectivity index (χ1n) is 5.05. The number of nitrogens with zero attached hydrogens (tertiary/aromatic N) is 2. The average molecular weight is 268 g/mol. The molecule has 5 nitrogen and oxygen atoms in total. The monoisotopic (exact) mass is 268 g/mol. The molecular weight excluding hydrogens is 256 g/mol. The quantitative estimate of drug-likeness (QED) is 0.649. The molecule has 0 atom stereocenters. The lowest BCUT2D eigenvalue weighted by molar-refractivity contribution is 0.204. The van der Waals surface area contributed by atoms with Crippen LogP contribution in [0.3, 0.4) is 0 Å². The molecule has 2 rings (SSSR count). The maximum absolute atomic E-state index is 5.14. The summed E-state index contributed by atoms with van der Waals surface area (Å²) in [6.45, 7) is 1.31. The van der Waals surface area contributed by atoms with Gasteiger partial charge in [0.25, 0.3) is 0 Å². The van der Waals surface area contributed by atoms with Crippen LogP contribution in [0.25, 0.3) is 11.0 Å². The third kappa shape index (κ3) is 3.32. The highest BCUT2D eigenvalue weighted by Gasteiger charge is 2.01. The number of hydrogen-bond donors (Lipinski definition) is 2. The van der Waals surface area contributed by atoms with Gasteiger partial charge in [0.2, 0.25) is 0 Å². The Hall–Kier alpha value is -1.31. The molecule has 0 radical (unpaired) electrons. The van der Waals surface area contributed by atoms with Crippen LogP contribution in [0.4, 0.5) is 5.69 Å². The highest BCUT2D eigenvalue weighted by atomic mass is 32.1. The van der Waals surface area contributed by atoms with Crippen molar-refractivity contribution in [2.75, 3.05) is 25.6 Å². The number of benzene rings is 1. The first-order chi connectivity index (χ1) is 8.29. The van der Waals surface area contributed by atoms with Crippen LogP contribution in [-0.2, 0) is 4.74 Å². The zero-order valence-corrected chi connectivity index (χ0v) is 10.9. The van der Waals surface area contributed by atoms with Gasteiger partial charge < -0.3 is 15.4 Å².